The zero-order valence-corrected chi connectivity index (χ0v) is 12.9. The summed E-state index contributed by atoms with van der Waals surface area (Å²) in [4.78, 5) is 21.6. The molecule has 0 aromatic carbocycles. The fourth-order valence-corrected chi connectivity index (χ4v) is 4.02. The monoisotopic (exact) mass is 301 g/mol. The summed E-state index contributed by atoms with van der Waals surface area (Å²) in [5.41, 5.74) is 0. The largest absolute Gasteiger partial charge is 0.466 e. The summed E-state index contributed by atoms with van der Waals surface area (Å²) in [6, 6.07) is 0. The molecule has 0 fully saturated rings. The van der Waals surface area contributed by atoms with Crippen molar-refractivity contribution in [2.45, 2.75) is 27.7 Å². The first-order valence-electron chi connectivity index (χ1n) is 4.88. The number of halogens is 2. The van der Waals surface area contributed by atoms with Gasteiger partial charge < -0.3 is 14.7 Å². The number of hydrogen-bond donors (Lipinski definition) is 3. The summed E-state index contributed by atoms with van der Waals surface area (Å²) >= 11 is 0. The van der Waals surface area contributed by atoms with Gasteiger partial charge in [-0.05, 0) is 27.7 Å². The minimum atomic E-state index is -4.64. The van der Waals surface area contributed by atoms with Gasteiger partial charge in [0.25, 0.3) is 0 Å². The summed E-state index contributed by atoms with van der Waals surface area (Å²) in [5.74, 6) is 0. The van der Waals surface area contributed by atoms with Crippen molar-refractivity contribution < 1.29 is 23.9 Å². The third-order valence-corrected chi connectivity index (χ3v) is 8.05. The standard InChI is InChI=1S/C8H20P.ClH.FH.H3O4P/c1-5-9(6-2,7-3)8-4;;;1-5(2,3)4/h5-8H2,1-4H3;2*1H;(H3,1,2,3,4)/q+1;;;. The van der Waals surface area contributed by atoms with Gasteiger partial charge in [-0.25, -0.2) is 4.57 Å². The average molecular weight is 302 g/mol. The van der Waals surface area contributed by atoms with Crippen LogP contribution in [0.1, 0.15) is 27.7 Å². The van der Waals surface area contributed by atoms with Gasteiger partial charge in [0.2, 0.25) is 0 Å². The summed E-state index contributed by atoms with van der Waals surface area (Å²) in [6.45, 7) is 9.41. The second-order valence-electron chi connectivity index (χ2n) is 3.12. The van der Waals surface area contributed by atoms with E-state index in [1.807, 2.05) is 0 Å². The maximum absolute atomic E-state index is 8.88. The van der Waals surface area contributed by atoms with Crippen LogP contribution in [0.2, 0.25) is 0 Å². The quantitative estimate of drug-likeness (QED) is 0.698. The van der Waals surface area contributed by atoms with Crippen molar-refractivity contribution in [2.24, 2.45) is 0 Å². The average Bonchev–Trinajstić information content (AvgIpc) is 2.07. The highest BCUT2D eigenvalue weighted by Crippen LogP contribution is 2.57. The molecule has 0 rings (SSSR count). The molecular formula is C8H25ClFO4P2+. The molecule has 8 heteroatoms. The lowest BCUT2D eigenvalue weighted by atomic mass is 10.9. The lowest BCUT2D eigenvalue weighted by Crippen LogP contribution is -2.04. The summed E-state index contributed by atoms with van der Waals surface area (Å²) in [5, 5.41) is 0. The fraction of sp³-hybridized carbons (Fsp3) is 1.00. The van der Waals surface area contributed by atoms with Crippen LogP contribution >= 0.6 is 27.5 Å². The van der Waals surface area contributed by atoms with E-state index in [2.05, 4.69) is 27.7 Å². The molecule has 104 valence electrons. The molecule has 0 amide bonds. The van der Waals surface area contributed by atoms with E-state index in [9.17, 15) is 0 Å². The first kappa shape index (κ1) is 25.6. The second kappa shape index (κ2) is 12.2. The van der Waals surface area contributed by atoms with Crippen molar-refractivity contribution in [1.82, 2.24) is 0 Å². The molecule has 0 aliphatic rings. The highest BCUT2D eigenvalue weighted by Gasteiger charge is 2.27. The second-order valence-corrected chi connectivity index (χ2v) is 9.36. The van der Waals surface area contributed by atoms with E-state index in [-0.39, 0.29) is 17.1 Å². The van der Waals surface area contributed by atoms with Crippen molar-refractivity contribution in [3.05, 3.63) is 0 Å². The van der Waals surface area contributed by atoms with E-state index in [4.69, 9.17) is 19.2 Å². The maximum atomic E-state index is 8.88. The van der Waals surface area contributed by atoms with Crippen molar-refractivity contribution >= 4 is 27.5 Å². The zero-order valence-electron chi connectivity index (χ0n) is 10.3. The molecule has 0 heterocycles. The van der Waals surface area contributed by atoms with Crippen LogP contribution < -0.4 is 0 Å². The predicted octanol–water partition coefficient (Wildman–Crippen LogP) is 2.73. The van der Waals surface area contributed by atoms with Crippen LogP contribution in [-0.4, -0.2) is 39.3 Å². The Hall–Kier alpha value is 0.760. The molecule has 0 aromatic heterocycles. The molecule has 0 radical (unpaired) electrons. The lowest BCUT2D eigenvalue weighted by Gasteiger charge is -2.20. The minimum Gasteiger partial charge on any atom is -0.303 e. The molecule has 0 aromatic rings. The molecule has 4 nitrogen and oxygen atoms in total. The lowest BCUT2D eigenvalue weighted by molar-refractivity contribution is 0.275. The van der Waals surface area contributed by atoms with Crippen LogP contribution in [0.4, 0.5) is 4.70 Å². The van der Waals surface area contributed by atoms with E-state index in [1.165, 1.54) is 24.6 Å². The van der Waals surface area contributed by atoms with Crippen LogP contribution in [0, 0.1) is 0 Å². The fourth-order valence-electron chi connectivity index (χ4n) is 1.34. The Morgan fingerprint density at radius 1 is 0.875 bits per heavy atom. The van der Waals surface area contributed by atoms with Gasteiger partial charge in [-0.2, -0.15) is 0 Å². The Kier molecular flexibility index (Phi) is 19.5. The topological polar surface area (TPSA) is 77.8 Å². The highest BCUT2D eigenvalue weighted by atomic mass is 35.5. The minimum absolute atomic E-state index is 0. The summed E-state index contributed by atoms with van der Waals surface area (Å²) < 4.78 is 8.88. The van der Waals surface area contributed by atoms with Gasteiger partial charge >= 0.3 is 7.82 Å². The Morgan fingerprint density at radius 2 is 1.00 bits per heavy atom. The normalized spacial score (nSPS) is 10.4. The Morgan fingerprint density at radius 3 is 1.00 bits per heavy atom. The van der Waals surface area contributed by atoms with Gasteiger partial charge in [0, 0.05) is 7.26 Å². The van der Waals surface area contributed by atoms with Gasteiger partial charge in [0.15, 0.2) is 0 Å². The third-order valence-electron chi connectivity index (χ3n) is 2.68. The molecule has 0 aliphatic carbocycles. The summed E-state index contributed by atoms with van der Waals surface area (Å²) in [7, 11) is -5.06. The Balaban J connectivity index is -0.0000000904. The molecule has 0 unspecified atom stereocenters. The molecule has 0 aliphatic heterocycles. The van der Waals surface area contributed by atoms with Gasteiger partial charge in [-0.15, -0.1) is 12.4 Å². The summed E-state index contributed by atoms with van der Waals surface area (Å²) in [6.07, 6.45) is 5.82. The number of phosphoric acid groups is 1. The van der Waals surface area contributed by atoms with Gasteiger partial charge in [-0.3, -0.25) is 4.70 Å². The molecule has 0 atom stereocenters. The number of hydrogen-bond acceptors (Lipinski definition) is 1. The molecule has 3 N–H and O–H groups in total. The third kappa shape index (κ3) is 17.2. The van der Waals surface area contributed by atoms with Crippen LogP contribution in [0.3, 0.4) is 0 Å². The molecule has 16 heavy (non-hydrogen) atoms. The molecule has 0 spiro atoms. The maximum Gasteiger partial charge on any atom is 0.466 e. The SMILES string of the molecule is CC[P+](CC)(CC)CC.Cl.F.O=P(O)(O)O. The van der Waals surface area contributed by atoms with Crippen molar-refractivity contribution in [3.63, 3.8) is 0 Å². The number of rotatable bonds is 4. The van der Waals surface area contributed by atoms with Gasteiger partial charge in [-0.1, -0.05) is 0 Å². The molecule has 0 saturated carbocycles. The first-order valence-corrected chi connectivity index (χ1v) is 8.97. The van der Waals surface area contributed by atoms with Crippen LogP contribution in [-0.2, 0) is 4.57 Å². The zero-order chi connectivity index (χ0) is 11.8. The highest BCUT2D eigenvalue weighted by molar-refractivity contribution is 7.75. The Bertz CT molecular complexity index is 159. The van der Waals surface area contributed by atoms with E-state index in [1.54, 1.807) is 0 Å². The van der Waals surface area contributed by atoms with Crippen molar-refractivity contribution in [3.8, 4) is 0 Å². The first-order chi connectivity index (χ1) is 6.24. The van der Waals surface area contributed by atoms with Gasteiger partial charge in [0.05, 0.1) is 24.6 Å². The van der Waals surface area contributed by atoms with E-state index in [0.717, 1.165) is 0 Å². The predicted molar refractivity (Wildman–Crippen MR) is 73.1 cm³/mol. The molecule has 0 bridgehead atoms. The van der Waals surface area contributed by atoms with Crippen LogP contribution in [0.15, 0.2) is 0 Å². The van der Waals surface area contributed by atoms with Crippen LogP contribution in [0.5, 0.6) is 0 Å². The van der Waals surface area contributed by atoms with Gasteiger partial charge in [0.1, 0.15) is 0 Å². The van der Waals surface area contributed by atoms with Crippen molar-refractivity contribution in [1.29, 1.82) is 0 Å². The van der Waals surface area contributed by atoms with E-state index >= 15 is 0 Å². The van der Waals surface area contributed by atoms with Crippen molar-refractivity contribution in [2.75, 3.05) is 24.6 Å². The molecule has 0 saturated heterocycles. The Labute approximate surface area is 104 Å². The van der Waals surface area contributed by atoms with Crippen LogP contribution in [0.25, 0.3) is 0 Å². The van der Waals surface area contributed by atoms with E-state index in [0.29, 0.717) is 0 Å². The van der Waals surface area contributed by atoms with E-state index < -0.39 is 15.1 Å². The smallest absolute Gasteiger partial charge is 0.303 e. The molecular weight excluding hydrogens is 276 g/mol.